The average molecular weight is 146 g/mol. The molecular weight excluding hydrogens is 140 g/mol. The molecular formula is C5H6OS2. The molecule has 1 atom stereocenters. The zero-order chi connectivity index (χ0) is 5.98. The van der Waals surface area contributed by atoms with Gasteiger partial charge in [0, 0.05) is 11.0 Å². The van der Waals surface area contributed by atoms with Gasteiger partial charge in [-0.1, -0.05) is 29.6 Å². The van der Waals surface area contributed by atoms with E-state index in [4.69, 9.17) is 0 Å². The van der Waals surface area contributed by atoms with E-state index in [1.165, 1.54) is 23.5 Å². The van der Waals surface area contributed by atoms with Crippen LogP contribution in [0.1, 0.15) is 0 Å². The van der Waals surface area contributed by atoms with Crippen LogP contribution in [0.3, 0.4) is 0 Å². The Morgan fingerprint density at radius 1 is 1.88 bits per heavy atom. The van der Waals surface area contributed by atoms with Gasteiger partial charge in [0.1, 0.15) is 0 Å². The minimum atomic E-state index is 0.231. The summed E-state index contributed by atoms with van der Waals surface area (Å²) in [4.78, 5) is 10.5. The first kappa shape index (κ1) is 6.23. The Bertz CT molecular complexity index is 122. The third-order valence-corrected chi connectivity index (χ3v) is 3.34. The average Bonchev–Trinajstić information content (AvgIpc) is 2.14. The molecule has 0 N–H and O–H groups in total. The lowest BCUT2D eigenvalue weighted by atomic mass is 10.5. The highest BCUT2D eigenvalue weighted by Gasteiger charge is 2.20. The van der Waals surface area contributed by atoms with Gasteiger partial charge in [-0.15, -0.1) is 6.58 Å². The Kier molecular flexibility index (Phi) is 2.02. The van der Waals surface area contributed by atoms with Gasteiger partial charge < -0.3 is 0 Å². The van der Waals surface area contributed by atoms with Crippen LogP contribution in [0.5, 0.6) is 0 Å². The summed E-state index contributed by atoms with van der Waals surface area (Å²) < 4.78 is 0.231. The monoisotopic (exact) mass is 146 g/mol. The lowest BCUT2D eigenvalue weighted by Crippen LogP contribution is -1.91. The van der Waals surface area contributed by atoms with E-state index in [1.54, 1.807) is 0 Å². The minimum Gasteiger partial charge on any atom is -0.274 e. The highest BCUT2D eigenvalue weighted by atomic mass is 32.2. The molecule has 1 aliphatic rings. The van der Waals surface area contributed by atoms with Crippen LogP contribution in [0, 0.1) is 0 Å². The lowest BCUT2D eigenvalue weighted by molar-refractivity contribution is 0.277. The fourth-order valence-corrected chi connectivity index (χ4v) is 2.56. The number of thioether (sulfide) groups is 2. The van der Waals surface area contributed by atoms with E-state index in [1.807, 2.05) is 6.08 Å². The number of carbonyl (C=O) groups is 1. The number of hydrogen-bond acceptors (Lipinski definition) is 3. The first-order valence-corrected chi connectivity index (χ1v) is 4.15. The van der Waals surface area contributed by atoms with Gasteiger partial charge in [0.05, 0.1) is 0 Å². The van der Waals surface area contributed by atoms with E-state index in [2.05, 4.69) is 6.58 Å². The zero-order valence-electron chi connectivity index (χ0n) is 4.29. The van der Waals surface area contributed by atoms with Gasteiger partial charge in [0.25, 0.3) is 0 Å². The van der Waals surface area contributed by atoms with Gasteiger partial charge in [-0.3, -0.25) is 4.79 Å². The first-order chi connectivity index (χ1) is 3.83. The third kappa shape index (κ3) is 1.29. The SMILES string of the molecule is C=CC1CSC(=O)S1. The highest BCUT2D eigenvalue weighted by molar-refractivity contribution is 8.41. The van der Waals surface area contributed by atoms with Gasteiger partial charge in [0.15, 0.2) is 0 Å². The van der Waals surface area contributed by atoms with Crippen molar-refractivity contribution in [1.29, 1.82) is 0 Å². The molecule has 0 aliphatic carbocycles. The maximum absolute atomic E-state index is 10.5. The van der Waals surface area contributed by atoms with Crippen molar-refractivity contribution in [1.82, 2.24) is 0 Å². The normalized spacial score (nSPS) is 28.5. The maximum atomic E-state index is 10.5. The van der Waals surface area contributed by atoms with Crippen molar-refractivity contribution < 1.29 is 4.79 Å². The van der Waals surface area contributed by atoms with Crippen molar-refractivity contribution >= 4 is 28.0 Å². The second kappa shape index (κ2) is 2.60. The molecule has 1 rings (SSSR count). The molecule has 3 heteroatoms. The lowest BCUT2D eigenvalue weighted by Gasteiger charge is -1.91. The van der Waals surface area contributed by atoms with Crippen LogP contribution in [-0.2, 0) is 0 Å². The summed E-state index contributed by atoms with van der Waals surface area (Å²) in [6, 6.07) is 0. The van der Waals surface area contributed by atoms with Crippen molar-refractivity contribution in [3.05, 3.63) is 12.7 Å². The Morgan fingerprint density at radius 2 is 2.62 bits per heavy atom. The molecule has 1 aliphatic heterocycles. The van der Waals surface area contributed by atoms with E-state index in [9.17, 15) is 4.79 Å². The molecule has 1 saturated heterocycles. The summed E-state index contributed by atoms with van der Waals surface area (Å²) in [7, 11) is 0. The smallest absolute Gasteiger partial charge is 0.246 e. The fraction of sp³-hybridized carbons (Fsp3) is 0.400. The number of rotatable bonds is 1. The molecule has 1 fully saturated rings. The first-order valence-electron chi connectivity index (χ1n) is 2.29. The van der Waals surface area contributed by atoms with Gasteiger partial charge in [-0.2, -0.15) is 0 Å². The summed E-state index contributed by atoms with van der Waals surface area (Å²) >= 11 is 2.75. The zero-order valence-corrected chi connectivity index (χ0v) is 5.93. The standard InChI is InChI=1S/C5H6OS2/c1-2-4-3-7-5(6)8-4/h2,4H,1,3H2. The van der Waals surface area contributed by atoms with E-state index in [-0.39, 0.29) is 4.45 Å². The molecule has 0 radical (unpaired) electrons. The molecule has 1 unspecified atom stereocenters. The summed E-state index contributed by atoms with van der Waals surface area (Å²) in [6.45, 7) is 3.59. The maximum Gasteiger partial charge on any atom is 0.246 e. The summed E-state index contributed by atoms with van der Waals surface area (Å²) in [5.41, 5.74) is 0. The van der Waals surface area contributed by atoms with Crippen LogP contribution in [-0.4, -0.2) is 15.5 Å². The molecule has 0 spiro atoms. The van der Waals surface area contributed by atoms with Crippen LogP contribution in [0.15, 0.2) is 12.7 Å². The largest absolute Gasteiger partial charge is 0.274 e. The van der Waals surface area contributed by atoms with Crippen LogP contribution < -0.4 is 0 Å². The van der Waals surface area contributed by atoms with Crippen LogP contribution in [0.25, 0.3) is 0 Å². The molecule has 8 heavy (non-hydrogen) atoms. The number of carbonyl (C=O) groups excluding carboxylic acids is 1. The van der Waals surface area contributed by atoms with Crippen LogP contribution in [0.4, 0.5) is 4.79 Å². The second-order valence-corrected chi connectivity index (χ2v) is 3.92. The molecule has 44 valence electrons. The minimum absolute atomic E-state index is 0.231. The Hall–Kier alpha value is 0.110. The predicted octanol–water partition coefficient (Wildman–Crippen LogP) is 2.14. The fourth-order valence-electron chi connectivity index (χ4n) is 0.458. The van der Waals surface area contributed by atoms with Crippen molar-refractivity contribution in [2.75, 3.05) is 5.75 Å². The van der Waals surface area contributed by atoms with Crippen LogP contribution >= 0.6 is 23.5 Å². The van der Waals surface area contributed by atoms with Crippen molar-refractivity contribution in [3.8, 4) is 0 Å². The van der Waals surface area contributed by atoms with E-state index in [0.717, 1.165) is 5.75 Å². The van der Waals surface area contributed by atoms with Crippen molar-refractivity contribution in [2.45, 2.75) is 5.25 Å². The van der Waals surface area contributed by atoms with Crippen molar-refractivity contribution in [3.63, 3.8) is 0 Å². The van der Waals surface area contributed by atoms with Crippen LogP contribution in [0.2, 0.25) is 0 Å². The predicted molar refractivity (Wildman–Crippen MR) is 39.4 cm³/mol. The highest BCUT2D eigenvalue weighted by Crippen LogP contribution is 2.32. The third-order valence-electron chi connectivity index (χ3n) is 0.876. The van der Waals surface area contributed by atoms with Gasteiger partial charge in [-0.05, 0) is 0 Å². The molecule has 1 heterocycles. The van der Waals surface area contributed by atoms with E-state index in [0.29, 0.717) is 5.25 Å². The Labute approximate surface area is 56.9 Å². The molecule has 0 aromatic heterocycles. The molecule has 0 bridgehead atoms. The van der Waals surface area contributed by atoms with E-state index < -0.39 is 0 Å². The molecule has 0 amide bonds. The molecule has 0 saturated carbocycles. The van der Waals surface area contributed by atoms with Gasteiger partial charge in [-0.25, -0.2) is 0 Å². The summed E-state index contributed by atoms with van der Waals surface area (Å²) in [5.74, 6) is 0.910. The quantitative estimate of drug-likeness (QED) is 0.527. The number of hydrogen-bond donors (Lipinski definition) is 0. The molecule has 1 nitrogen and oxygen atoms in total. The van der Waals surface area contributed by atoms with Gasteiger partial charge >= 0.3 is 0 Å². The molecule has 0 aromatic carbocycles. The topological polar surface area (TPSA) is 17.1 Å². The second-order valence-electron chi connectivity index (χ2n) is 1.45. The Balaban J connectivity index is 2.43. The molecule has 0 aromatic rings. The van der Waals surface area contributed by atoms with Gasteiger partial charge in [0.2, 0.25) is 4.45 Å². The van der Waals surface area contributed by atoms with Crippen molar-refractivity contribution in [2.24, 2.45) is 0 Å². The van der Waals surface area contributed by atoms with E-state index >= 15 is 0 Å². The summed E-state index contributed by atoms with van der Waals surface area (Å²) in [6.07, 6.45) is 1.82. The summed E-state index contributed by atoms with van der Waals surface area (Å²) in [5, 5.41) is 0.368. The Morgan fingerprint density at radius 3 is 2.88 bits per heavy atom.